The maximum Gasteiger partial charge on any atom is 0.523 e. The van der Waals surface area contributed by atoms with Crippen molar-refractivity contribution in [3.8, 4) is 0 Å². The maximum absolute atomic E-state index is 11.9. The summed E-state index contributed by atoms with van der Waals surface area (Å²) in [6.45, 7) is -0.345. The molecule has 24 heavy (non-hydrogen) atoms. The van der Waals surface area contributed by atoms with Crippen LogP contribution < -0.4 is 0 Å². The van der Waals surface area contributed by atoms with Gasteiger partial charge >= 0.3 is 15.6 Å². The second-order valence-corrected chi connectivity index (χ2v) is 8.42. The molecule has 1 unspecified atom stereocenters. The van der Waals surface area contributed by atoms with Gasteiger partial charge in [-0.05, 0) is 57.1 Å². The van der Waals surface area contributed by atoms with Crippen LogP contribution in [0.3, 0.4) is 0 Å². The number of halogens is 3. The Balaban J connectivity index is 0.000000272. The lowest BCUT2D eigenvalue weighted by molar-refractivity contribution is -0.0553. The van der Waals surface area contributed by atoms with Crippen molar-refractivity contribution in [2.24, 2.45) is 5.92 Å². The Bertz CT molecular complexity index is 533. The minimum Gasteiger partial charge on any atom is -0.263 e. The number of hydrogen-bond donors (Lipinski definition) is 0. The number of hydrogen-bond acceptors (Lipinski definition) is 4. The van der Waals surface area contributed by atoms with E-state index >= 15 is 0 Å². The molecule has 0 saturated heterocycles. The van der Waals surface area contributed by atoms with E-state index in [0.717, 1.165) is 56.9 Å². The third kappa shape index (κ3) is 7.17. The van der Waals surface area contributed by atoms with Crippen LogP contribution >= 0.6 is 0 Å². The summed E-state index contributed by atoms with van der Waals surface area (Å²) in [4.78, 5) is 10.2. The van der Waals surface area contributed by atoms with E-state index in [-0.39, 0.29) is 12.5 Å². The molecule has 0 aromatic carbocycles. The first-order valence-corrected chi connectivity index (χ1v) is 10.1. The Morgan fingerprint density at radius 1 is 1.08 bits per heavy atom. The third-order valence-electron chi connectivity index (χ3n) is 4.21. The van der Waals surface area contributed by atoms with E-state index in [9.17, 15) is 26.4 Å². The molecule has 2 fully saturated rings. The maximum atomic E-state index is 11.9. The molecular formula is C15H24F3O4S2+. The molecule has 2 saturated carbocycles. The highest BCUT2D eigenvalue weighted by Gasteiger charge is 2.47. The summed E-state index contributed by atoms with van der Waals surface area (Å²) in [7, 11) is -5.40. The zero-order valence-electron chi connectivity index (χ0n) is 13.4. The lowest BCUT2D eigenvalue weighted by atomic mass is 9.90. The fourth-order valence-electron chi connectivity index (χ4n) is 2.74. The van der Waals surface area contributed by atoms with E-state index in [1.54, 1.807) is 0 Å². The number of rotatable bonds is 3. The average Bonchev–Trinajstić information content (AvgIpc) is 2.54. The van der Waals surface area contributed by atoms with E-state index in [1.165, 1.54) is 6.42 Å². The van der Waals surface area contributed by atoms with Crippen molar-refractivity contribution in [1.29, 1.82) is 0 Å². The monoisotopic (exact) mass is 389 g/mol. The van der Waals surface area contributed by atoms with Crippen molar-refractivity contribution in [2.45, 2.75) is 68.5 Å². The Labute approximate surface area is 146 Å². The fourth-order valence-corrected chi connectivity index (χ4v) is 3.65. The van der Waals surface area contributed by atoms with Crippen molar-refractivity contribution in [1.82, 2.24) is 0 Å². The first kappa shape index (κ1) is 21.5. The van der Waals surface area contributed by atoms with E-state index in [0.29, 0.717) is 5.25 Å². The van der Waals surface area contributed by atoms with E-state index in [1.807, 2.05) is 5.94 Å². The van der Waals surface area contributed by atoms with Crippen LogP contribution in [0.4, 0.5) is 13.2 Å². The molecule has 0 N–H and O–H groups in total. The Morgan fingerprint density at radius 2 is 1.67 bits per heavy atom. The van der Waals surface area contributed by atoms with Crippen LogP contribution in [0.1, 0.15) is 57.8 Å². The lowest BCUT2D eigenvalue weighted by Crippen LogP contribution is -2.28. The Hall–Kier alpha value is -0.500. The van der Waals surface area contributed by atoms with Gasteiger partial charge in [-0.25, -0.2) is 4.79 Å². The lowest BCUT2D eigenvalue weighted by Gasteiger charge is -2.21. The van der Waals surface area contributed by atoms with Gasteiger partial charge in [0.1, 0.15) is 11.2 Å². The van der Waals surface area contributed by atoms with Crippen molar-refractivity contribution in [2.75, 3.05) is 6.61 Å². The number of alkyl halides is 3. The van der Waals surface area contributed by atoms with Gasteiger partial charge in [-0.1, -0.05) is 19.3 Å². The van der Waals surface area contributed by atoms with Gasteiger partial charge in [-0.15, -0.1) is 0 Å². The summed E-state index contributed by atoms with van der Waals surface area (Å²) in [6, 6.07) is 0. The van der Waals surface area contributed by atoms with Gasteiger partial charge in [0, 0.05) is 0 Å². The second kappa shape index (κ2) is 9.85. The molecule has 2 aliphatic rings. The highest BCUT2D eigenvalue weighted by atomic mass is 32.2. The van der Waals surface area contributed by atoms with Gasteiger partial charge in [0.25, 0.3) is 0 Å². The van der Waals surface area contributed by atoms with E-state index < -0.39 is 15.6 Å². The number of carbonyl (C=O) groups excluding carboxylic acids is 1. The Kier molecular flexibility index (Phi) is 8.84. The molecule has 0 aromatic rings. The molecule has 1 atom stereocenters. The van der Waals surface area contributed by atoms with Crippen LogP contribution in [-0.4, -0.2) is 31.7 Å². The molecule has 140 valence electrons. The van der Waals surface area contributed by atoms with Gasteiger partial charge in [0.15, 0.2) is 0 Å². The molecule has 0 amide bonds. The van der Waals surface area contributed by atoms with Crippen molar-refractivity contribution in [3.63, 3.8) is 0 Å². The van der Waals surface area contributed by atoms with Crippen LogP contribution in [0, 0.1) is 5.92 Å². The molecule has 0 aromatic heterocycles. The highest BCUT2D eigenvalue weighted by molar-refractivity contribution is 7.87. The van der Waals surface area contributed by atoms with Crippen LogP contribution in [0.25, 0.3) is 0 Å². The van der Waals surface area contributed by atoms with Crippen LogP contribution in [0.15, 0.2) is 5.57 Å². The highest BCUT2D eigenvalue weighted by Crippen LogP contribution is 2.28. The summed E-state index contributed by atoms with van der Waals surface area (Å²) in [6.07, 6.45) is 8.84. The summed E-state index contributed by atoms with van der Waals surface area (Å²) in [5, 5.41) is 0.316. The van der Waals surface area contributed by atoms with Gasteiger partial charge in [-0.3, -0.25) is 4.18 Å². The third-order valence-corrected chi connectivity index (χ3v) is 5.86. The molecule has 2 rings (SSSR count). The van der Waals surface area contributed by atoms with Gasteiger partial charge in [-0.2, -0.15) is 21.6 Å². The van der Waals surface area contributed by atoms with E-state index in [2.05, 4.69) is 16.8 Å². The molecule has 0 bridgehead atoms. The van der Waals surface area contributed by atoms with Gasteiger partial charge in [0.05, 0.1) is 12.2 Å². The molecule has 0 aliphatic heterocycles. The summed E-state index contributed by atoms with van der Waals surface area (Å²) in [5.74, 6) is 1.91. The normalized spacial score (nSPS) is 23.2. The summed E-state index contributed by atoms with van der Waals surface area (Å²) < 4.78 is 60.7. The first-order valence-electron chi connectivity index (χ1n) is 8.08. The molecule has 0 radical (unpaired) electrons. The largest absolute Gasteiger partial charge is 0.523 e. The predicted octanol–water partition coefficient (Wildman–Crippen LogP) is 3.13. The molecule has 0 spiro atoms. The smallest absolute Gasteiger partial charge is 0.263 e. The summed E-state index contributed by atoms with van der Waals surface area (Å²) >= 11 is 3.46. The van der Waals surface area contributed by atoms with Crippen LogP contribution in [0.2, 0.25) is 0 Å². The minimum absolute atomic E-state index is 0.0594. The minimum atomic E-state index is -5.40. The van der Waals surface area contributed by atoms with Gasteiger partial charge < -0.3 is 0 Å². The standard InChI is InChI=1S/C8H13F3O3S.C7H10OS/c9-8(10,11)15(12,13)14-6-7-4-2-1-3-5-7;8-5-6-3-1-2-4-7(6)9/h7H,1-6H2;7,9H,1-4H2/p+1. The zero-order valence-corrected chi connectivity index (χ0v) is 15.2. The van der Waals surface area contributed by atoms with Crippen molar-refractivity contribution in [3.05, 3.63) is 5.57 Å². The van der Waals surface area contributed by atoms with E-state index in [4.69, 9.17) is 0 Å². The van der Waals surface area contributed by atoms with Crippen LogP contribution in [0.5, 0.6) is 0 Å². The topological polar surface area (TPSA) is 60.4 Å². The predicted molar refractivity (Wildman–Crippen MR) is 89.1 cm³/mol. The average molecular weight is 389 g/mol. The van der Waals surface area contributed by atoms with Crippen molar-refractivity contribution >= 4 is 28.7 Å². The SMILES string of the molecule is O=C=C1CCCCC1[SH2+].O=S(=O)(OCC1CCCCC1)C(F)(F)F. The first-order chi connectivity index (χ1) is 11.2. The Morgan fingerprint density at radius 3 is 2.12 bits per heavy atom. The fraction of sp³-hybridized carbons (Fsp3) is 0.867. The molecule has 4 nitrogen and oxygen atoms in total. The zero-order chi connectivity index (χ0) is 18.2. The summed E-state index contributed by atoms with van der Waals surface area (Å²) in [5.41, 5.74) is -4.39. The van der Waals surface area contributed by atoms with Crippen molar-refractivity contribution < 1.29 is 30.6 Å². The molecular weight excluding hydrogens is 365 g/mol. The quantitative estimate of drug-likeness (QED) is 0.322. The second-order valence-electron chi connectivity index (χ2n) is 6.11. The molecule has 0 heterocycles. The molecule has 9 heteroatoms. The molecule has 2 aliphatic carbocycles. The van der Waals surface area contributed by atoms with Gasteiger partial charge in [0.2, 0.25) is 0 Å². The van der Waals surface area contributed by atoms with Crippen LogP contribution in [-0.2, 0) is 31.7 Å².